The minimum Gasteiger partial charge on any atom is -0.387 e. The van der Waals surface area contributed by atoms with Crippen LogP contribution in [0.4, 0.5) is 0 Å². The molecule has 0 radical (unpaired) electrons. The Hall–Kier alpha value is -2.49. The van der Waals surface area contributed by atoms with Crippen LogP contribution in [0.2, 0.25) is 0 Å². The number of allylic oxidation sites excluding steroid dienone is 1. The zero-order valence-electron chi connectivity index (χ0n) is 31.4. The van der Waals surface area contributed by atoms with Gasteiger partial charge < -0.3 is 29.5 Å². The van der Waals surface area contributed by atoms with Gasteiger partial charge in [0.2, 0.25) is 0 Å². The van der Waals surface area contributed by atoms with Gasteiger partial charge in [0.15, 0.2) is 5.78 Å². The van der Waals surface area contributed by atoms with Crippen LogP contribution in [0.1, 0.15) is 97.5 Å². The summed E-state index contributed by atoms with van der Waals surface area (Å²) >= 11 is 0. The van der Waals surface area contributed by atoms with Crippen LogP contribution in [0.3, 0.4) is 0 Å². The fourth-order valence-electron chi connectivity index (χ4n) is 13.5. The van der Waals surface area contributed by atoms with Crippen molar-refractivity contribution < 1.29 is 34.3 Å². The second kappa shape index (κ2) is 12.3. The van der Waals surface area contributed by atoms with Gasteiger partial charge in [0.05, 0.1) is 36.4 Å². The minimum absolute atomic E-state index is 0.000884. The molecule has 5 heterocycles. The monoisotopic (exact) mass is 708 g/mol. The molecule has 52 heavy (non-hydrogen) atoms. The summed E-state index contributed by atoms with van der Waals surface area (Å²) < 4.78 is 20.6. The number of ether oxygens (including phenoxy) is 3. The molecule has 9 bridgehead atoms. The van der Waals surface area contributed by atoms with Crippen molar-refractivity contribution in [2.45, 2.75) is 134 Å². The van der Waals surface area contributed by atoms with E-state index >= 15 is 4.79 Å². The highest BCUT2D eigenvalue weighted by Crippen LogP contribution is 2.76. The average Bonchev–Trinajstić information content (AvgIpc) is 3.58. The Labute approximate surface area is 309 Å². The zero-order valence-corrected chi connectivity index (χ0v) is 31.4. The number of carbonyl (C=O) groups excluding carboxylic acids is 1. The third-order valence-electron chi connectivity index (χ3n) is 16.6. The Balaban J connectivity index is 1.25. The van der Waals surface area contributed by atoms with Gasteiger partial charge in [0.1, 0.15) is 24.4 Å². The van der Waals surface area contributed by atoms with Crippen molar-refractivity contribution in [2.24, 2.45) is 52.3 Å². The number of hydrogen-bond acceptors (Lipinski definition) is 7. The highest BCUT2D eigenvalue weighted by Gasteiger charge is 2.77. The molecule has 11 rings (SSSR count). The van der Waals surface area contributed by atoms with Crippen molar-refractivity contribution in [3.63, 3.8) is 0 Å². The van der Waals surface area contributed by atoms with Crippen LogP contribution in [0.15, 0.2) is 41.5 Å². The van der Waals surface area contributed by atoms with Gasteiger partial charge in [-0.25, -0.2) is 0 Å². The van der Waals surface area contributed by atoms with E-state index in [0.29, 0.717) is 32.3 Å². The maximum atomic E-state index is 15.0. The summed E-state index contributed by atoms with van der Waals surface area (Å²) in [6.45, 7) is 11.2. The van der Waals surface area contributed by atoms with Gasteiger partial charge in [-0.1, -0.05) is 75.8 Å². The molecule has 3 saturated carbocycles. The number of carbonyl (C=O) groups is 1. The smallest absolute Gasteiger partial charge is 0.162 e. The number of aliphatic hydroxyl groups is 3. The molecule has 1 aromatic carbocycles. The molecule has 17 atom stereocenters. The molecule has 7 heteroatoms. The van der Waals surface area contributed by atoms with Crippen LogP contribution in [0.25, 0.3) is 0 Å². The van der Waals surface area contributed by atoms with Gasteiger partial charge in [-0.15, -0.1) is 5.92 Å². The quantitative estimate of drug-likeness (QED) is 0.326. The summed E-state index contributed by atoms with van der Waals surface area (Å²) in [5.74, 6) is 13.3. The first-order valence-corrected chi connectivity index (χ1v) is 20.1. The Morgan fingerprint density at radius 2 is 1.65 bits per heavy atom. The minimum atomic E-state index is -1.54. The third kappa shape index (κ3) is 4.66. The average molecular weight is 709 g/mol. The summed E-state index contributed by atoms with van der Waals surface area (Å²) in [5.41, 5.74) is -0.109. The van der Waals surface area contributed by atoms with Gasteiger partial charge in [-0.3, -0.25) is 4.79 Å². The first kappa shape index (κ1) is 35.2. The molecular formula is C45H56O7. The van der Waals surface area contributed by atoms with Gasteiger partial charge >= 0.3 is 0 Å². The molecule has 4 fully saturated rings. The second-order valence-electron chi connectivity index (χ2n) is 18.6. The van der Waals surface area contributed by atoms with E-state index in [0.717, 1.165) is 36.8 Å². The Bertz CT molecular complexity index is 1780. The summed E-state index contributed by atoms with van der Waals surface area (Å²) in [5, 5.41) is 36.6. The topological polar surface area (TPSA) is 105 Å². The first-order chi connectivity index (χ1) is 24.8. The molecule has 0 aromatic heterocycles. The predicted molar refractivity (Wildman–Crippen MR) is 195 cm³/mol. The maximum Gasteiger partial charge on any atom is 0.162 e. The van der Waals surface area contributed by atoms with E-state index in [1.54, 1.807) is 6.92 Å². The Morgan fingerprint density at radius 1 is 0.885 bits per heavy atom. The lowest BCUT2D eigenvalue weighted by Crippen LogP contribution is -2.69. The van der Waals surface area contributed by atoms with Gasteiger partial charge in [-0.05, 0) is 110 Å². The van der Waals surface area contributed by atoms with Crippen molar-refractivity contribution in [1.82, 2.24) is 0 Å². The van der Waals surface area contributed by atoms with E-state index < -0.39 is 41.0 Å². The number of fused-ring (bicyclic) bond motifs is 3. The Kier molecular flexibility index (Phi) is 8.30. The number of hydrogen-bond donors (Lipinski definition) is 3. The fourth-order valence-corrected chi connectivity index (χ4v) is 13.5. The summed E-state index contributed by atoms with van der Waals surface area (Å²) in [4.78, 5) is 15.0. The van der Waals surface area contributed by atoms with E-state index in [1.165, 1.54) is 5.57 Å². The molecule has 278 valence electrons. The van der Waals surface area contributed by atoms with Crippen LogP contribution < -0.4 is 0 Å². The number of ketones is 1. The van der Waals surface area contributed by atoms with E-state index in [4.69, 9.17) is 14.2 Å². The number of aliphatic hydroxyl groups excluding tert-OH is 2. The van der Waals surface area contributed by atoms with Crippen LogP contribution in [-0.2, 0) is 19.0 Å². The number of rotatable bonds is 1. The molecule has 3 N–H and O–H groups in total. The molecule has 7 nitrogen and oxygen atoms in total. The highest BCUT2D eigenvalue weighted by molar-refractivity contribution is 6.00. The standard InChI is InChI=1S/C45H56O7/c1-25-26(2)40-41(48)44(5,49)36-22-30-16-17-32-37-33-21-29(14-9-15-35(46)39(25)52-40)43(36,4)45(30,37)51-20-10-13-28(27-11-7-6-8-12-27)24-50-31-18-19-42(33,3)34(23-31)38(32)47/h6-8,11-12,25-26,28-31,33-36,39-41,46,48-49H,14,16-24H2,1-5H3/t25-,26-,28+,29-,30-,31+,33+,34+,35+,36+,39-,40+,41-,42-,43-,44+,45-/m1/s1. The third-order valence-corrected chi connectivity index (χ3v) is 16.6. The molecule has 1 spiro atoms. The first-order valence-electron chi connectivity index (χ1n) is 20.1. The molecule has 10 aliphatic rings. The largest absolute Gasteiger partial charge is 0.387 e. The highest BCUT2D eigenvalue weighted by atomic mass is 16.5. The van der Waals surface area contributed by atoms with Gasteiger partial charge in [0, 0.05) is 17.8 Å². The van der Waals surface area contributed by atoms with Crippen LogP contribution in [0.5, 0.6) is 0 Å². The molecule has 1 saturated heterocycles. The molecule has 1 aromatic rings. The van der Waals surface area contributed by atoms with E-state index in [1.807, 2.05) is 32.0 Å². The van der Waals surface area contributed by atoms with Crippen molar-refractivity contribution in [1.29, 1.82) is 0 Å². The van der Waals surface area contributed by atoms with E-state index in [2.05, 4.69) is 49.7 Å². The Morgan fingerprint density at radius 3 is 2.44 bits per heavy atom. The zero-order chi connectivity index (χ0) is 36.4. The second-order valence-corrected chi connectivity index (χ2v) is 18.6. The van der Waals surface area contributed by atoms with E-state index in [9.17, 15) is 15.3 Å². The van der Waals surface area contributed by atoms with Gasteiger partial charge in [0.25, 0.3) is 0 Å². The molecule has 0 unspecified atom stereocenters. The summed E-state index contributed by atoms with van der Waals surface area (Å²) in [6.07, 6.45) is 2.64. The van der Waals surface area contributed by atoms with Gasteiger partial charge in [-0.2, -0.15) is 0 Å². The van der Waals surface area contributed by atoms with Crippen LogP contribution in [0, 0.1) is 75.9 Å². The van der Waals surface area contributed by atoms with Crippen LogP contribution in [-0.4, -0.2) is 76.0 Å². The lowest BCUT2D eigenvalue weighted by atomic mass is 9.40. The number of Topliss-reactive ketones (excluding diaryl/α,β-unsaturated/α-hetero) is 1. The van der Waals surface area contributed by atoms with Crippen molar-refractivity contribution >= 4 is 5.78 Å². The fraction of sp³-hybridized carbons (Fsp3) is 0.711. The van der Waals surface area contributed by atoms with Crippen molar-refractivity contribution in [2.75, 3.05) is 13.2 Å². The maximum absolute atomic E-state index is 15.0. The SMILES string of the molecule is C[C@@H]1[C@@H](C)[C@@H]2O[C@H]1[C@@H](O)C#CC[C@@H]1C[C@H]3C4=C5CC[C@@H]6C[C@H]([C@](C)(O)[C@@H]2O)[C@]1(C)[C@]46OCC#C[C@H](c1ccccc1)CO[C@H]1CC[C@@]3(C)[C@@H](C1)C5=O. The summed E-state index contributed by atoms with van der Waals surface area (Å²) in [7, 11) is 0. The van der Waals surface area contributed by atoms with Crippen molar-refractivity contribution in [3.8, 4) is 23.7 Å². The molecular weight excluding hydrogens is 652 g/mol. The molecule has 5 aliphatic heterocycles. The van der Waals surface area contributed by atoms with E-state index in [-0.39, 0.29) is 71.3 Å². The predicted octanol–water partition coefficient (Wildman–Crippen LogP) is 5.61. The molecule has 0 amide bonds. The molecule has 5 aliphatic carbocycles. The van der Waals surface area contributed by atoms with Crippen molar-refractivity contribution in [3.05, 3.63) is 47.0 Å². The van der Waals surface area contributed by atoms with Crippen LogP contribution >= 0.6 is 0 Å². The lowest BCUT2D eigenvalue weighted by Gasteiger charge is -2.67. The lowest BCUT2D eigenvalue weighted by molar-refractivity contribution is -0.225. The summed E-state index contributed by atoms with van der Waals surface area (Å²) in [6, 6.07) is 10.3. The number of benzene rings is 1. The normalized spacial score (nSPS) is 52.1.